The summed E-state index contributed by atoms with van der Waals surface area (Å²) in [6.45, 7) is 0.551. The highest BCUT2D eigenvalue weighted by Crippen LogP contribution is 2.18. The lowest BCUT2D eigenvalue weighted by atomic mass is 10.4. The number of nitrogen functional groups attached to an aromatic ring is 1. The summed E-state index contributed by atoms with van der Waals surface area (Å²) >= 11 is 5.52. The van der Waals surface area contributed by atoms with E-state index in [-0.39, 0.29) is 23.5 Å². The Hall–Kier alpha value is -1.35. The van der Waals surface area contributed by atoms with Gasteiger partial charge in [0.2, 0.25) is 5.95 Å². The zero-order valence-corrected chi connectivity index (χ0v) is 10.0. The number of nitrogens with two attached hydrogens (primary N) is 1. The first-order valence-corrected chi connectivity index (χ1v) is 5.43. The van der Waals surface area contributed by atoms with Gasteiger partial charge in [0.15, 0.2) is 11.0 Å². The molecule has 0 saturated heterocycles. The van der Waals surface area contributed by atoms with Gasteiger partial charge in [0, 0.05) is 19.6 Å². The molecule has 6 nitrogen and oxygen atoms in total. The van der Waals surface area contributed by atoms with Crippen LogP contribution in [0.5, 0.6) is 0 Å². The van der Waals surface area contributed by atoms with Gasteiger partial charge in [-0.05, 0) is 0 Å². The normalized spacial score (nSPS) is 11.6. The van der Waals surface area contributed by atoms with Crippen LogP contribution in [0, 0.1) is 0 Å². The van der Waals surface area contributed by atoms with Gasteiger partial charge >= 0.3 is 6.18 Å². The molecule has 1 aromatic rings. The highest BCUT2D eigenvalue weighted by Gasteiger charge is 2.25. The number of nitrogens with one attached hydrogen (secondary N) is 2. The Balaban J connectivity index is 2.16. The monoisotopic (exact) mass is 284 g/mol. The van der Waals surface area contributed by atoms with Gasteiger partial charge in [-0.3, -0.25) is 0 Å². The van der Waals surface area contributed by atoms with Crippen LogP contribution < -0.4 is 16.4 Å². The molecule has 18 heavy (non-hydrogen) atoms. The standard InChI is InChI=1S/C8H12ClF3N6/c9-5-6(13)16-7(18-17-5)15-4-3-14-2-1-8(10,11)12/h14H,1-4H2,(H3,13,15,16,18). The molecular weight excluding hydrogens is 273 g/mol. The van der Waals surface area contributed by atoms with Gasteiger partial charge in [-0.1, -0.05) is 11.6 Å². The van der Waals surface area contributed by atoms with E-state index >= 15 is 0 Å². The second-order valence-corrected chi connectivity index (χ2v) is 3.71. The number of halogens is 4. The highest BCUT2D eigenvalue weighted by molar-refractivity contribution is 6.31. The molecule has 0 radical (unpaired) electrons. The van der Waals surface area contributed by atoms with Crippen molar-refractivity contribution in [3.8, 4) is 0 Å². The summed E-state index contributed by atoms with van der Waals surface area (Å²) in [5.41, 5.74) is 5.39. The van der Waals surface area contributed by atoms with Crippen molar-refractivity contribution >= 4 is 23.4 Å². The fraction of sp³-hybridized carbons (Fsp3) is 0.625. The van der Waals surface area contributed by atoms with Crippen LogP contribution in [0.15, 0.2) is 0 Å². The van der Waals surface area contributed by atoms with E-state index < -0.39 is 12.6 Å². The molecule has 0 aliphatic rings. The smallest absolute Gasteiger partial charge is 0.381 e. The number of alkyl halides is 3. The molecular formula is C8H12ClF3N6. The fourth-order valence-electron chi connectivity index (χ4n) is 1.02. The molecule has 1 aromatic heterocycles. The molecule has 10 heteroatoms. The highest BCUT2D eigenvalue weighted by atomic mass is 35.5. The van der Waals surface area contributed by atoms with Crippen LogP contribution in [0.2, 0.25) is 5.15 Å². The van der Waals surface area contributed by atoms with Crippen molar-refractivity contribution in [1.82, 2.24) is 20.5 Å². The molecule has 0 unspecified atom stereocenters. The predicted molar refractivity (Wildman–Crippen MR) is 61.3 cm³/mol. The molecule has 0 amide bonds. The van der Waals surface area contributed by atoms with Crippen LogP contribution >= 0.6 is 11.6 Å². The molecule has 1 heterocycles. The lowest BCUT2D eigenvalue weighted by molar-refractivity contribution is -0.133. The van der Waals surface area contributed by atoms with Gasteiger partial charge in [-0.2, -0.15) is 18.2 Å². The van der Waals surface area contributed by atoms with Crippen molar-refractivity contribution in [2.45, 2.75) is 12.6 Å². The maximum Gasteiger partial charge on any atom is 0.390 e. The molecule has 0 aliphatic heterocycles. The third kappa shape index (κ3) is 5.82. The number of hydrogen-bond acceptors (Lipinski definition) is 6. The first kappa shape index (κ1) is 14.7. The van der Waals surface area contributed by atoms with E-state index in [9.17, 15) is 13.2 Å². The molecule has 102 valence electrons. The molecule has 1 rings (SSSR count). The van der Waals surface area contributed by atoms with Gasteiger partial charge in [0.1, 0.15) is 0 Å². The topological polar surface area (TPSA) is 88.8 Å². The average Bonchev–Trinajstić information content (AvgIpc) is 2.26. The van der Waals surface area contributed by atoms with Crippen LogP contribution in [0.3, 0.4) is 0 Å². The largest absolute Gasteiger partial charge is 0.390 e. The van der Waals surface area contributed by atoms with Gasteiger partial charge in [-0.15, -0.1) is 10.2 Å². The van der Waals surface area contributed by atoms with Crippen LogP contribution in [-0.4, -0.2) is 41.0 Å². The lowest BCUT2D eigenvalue weighted by Crippen LogP contribution is -2.27. The minimum atomic E-state index is -4.14. The Morgan fingerprint density at radius 3 is 2.50 bits per heavy atom. The van der Waals surface area contributed by atoms with Crippen molar-refractivity contribution in [3.63, 3.8) is 0 Å². The van der Waals surface area contributed by atoms with Crippen molar-refractivity contribution in [2.24, 2.45) is 0 Å². The lowest BCUT2D eigenvalue weighted by Gasteiger charge is -2.08. The summed E-state index contributed by atoms with van der Waals surface area (Å²) in [5, 5.41) is 12.5. The summed E-state index contributed by atoms with van der Waals surface area (Å²) in [5.74, 6) is 0.216. The number of anilines is 2. The summed E-state index contributed by atoms with van der Waals surface area (Å²) < 4.78 is 35.4. The average molecular weight is 285 g/mol. The van der Waals surface area contributed by atoms with Crippen LogP contribution in [0.4, 0.5) is 24.9 Å². The van der Waals surface area contributed by atoms with E-state index in [4.69, 9.17) is 17.3 Å². The van der Waals surface area contributed by atoms with E-state index in [1.807, 2.05) is 0 Å². The summed E-state index contributed by atoms with van der Waals surface area (Å²) in [7, 11) is 0. The minimum absolute atomic E-state index is 0.00357. The Morgan fingerprint density at radius 1 is 1.17 bits per heavy atom. The molecule has 0 aromatic carbocycles. The van der Waals surface area contributed by atoms with Crippen molar-refractivity contribution in [1.29, 1.82) is 0 Å². The third-order valence-corrected chi connectivity index (χ3v) is 2.11. The number of hydrogen-bond donors (Lipinski definition) is 3. The second kappa shape index (κ2) is 6.55. The molecule has 0 saturated carbocycles. The summed E-state index contributed by atoms with van der Waals surface area (Å²) in [6, 6.07) is 0. The molecule has 0 aliphatic carbocycles. The molecule has 0 bridgehead atoms. The Bertz CT molecular complexity index is 386. The number of aromatic nitrogens is 3. The first-order valence-electron chi connectivity index (χ1n) is 5.05. The zero-order chi connectivity index (χ0) is 13.6. The Morgan fingerprint density at radius 2 is 1.89 bits per heavy atom. The second-order valence-electron chi connectivity index (χ2n) is 3.35. The maximum absolute atomic E-state index is 11.8. The predicted octanol–water partition coefficient (Wildman–Crippen LogP) is 1.06. The molecule has 0 atom stereocenters. The van der Waals surface area contributed by atoms with E-state index in [2.05, 4.69) is 25.8 Å². The van der Waals surface area contributed by atoms with Gasteiger partial charge in [0.05, 0.1) is 6.42 Å². The van der Waals surface area contributed by atoms with Crippen LogP contribution in [-0.2, 0) is 0 Å². The molecule has 4 N–H and O–H groups in total. The van der Waals surface area contributed by atoms with Crippen LogP contribution in [0.1, 0.15) is 6.42 Å². The zero-order valence-electron chi connectivity index (χ0n) is 9.26. The Kier molecular flexibility index (Phi) is 5.35. The van der Waals surface area contributed by atoms with Crippen LogP contribution in [0.25, 0.3) is 0 Å². The molecule has 0 spiro atoms. The summed E-state index contributed by atoms with van der Waals surface area (Å²) in [6.07, 6.45) is -5.00. The van der Waals surface area contributed by atoms with Gasteiger partial charge < -0.3 is 16.4 Å². The maximum atomic E-state index is 11.8. The Labute approximate surface area is 106 Å². The summed E-state index contributed by atoms with van der Waals surface area (Å²) in [4.78, 5) is 3.78. The van der Waals surface area contributed by atoms with Crippen molar-refractivity contribution in [3.05, 3.63) is 5.15 Å². The number of nitrogens with zero attached hydrogens (tertiary/aromatic N) is 3. The van der Waals surface area contributed by atoms with E-state index in [1.54, 1.807) is 0 Å². The van der Waals surface area contributed by atoms with Gasteiger partial charge in [-0.25, -0.2) is 0 Å². The van der Waals surface area contributed by atoms with E-state index in [1.165, 1.54) is 0 Å². The fourth-order valence-corrected chi connectivity index (χ4v) is 1.10. The number of rotatable bonds is 6. The van der Waals surface area contributed by atoms with Gasteiger partial charge in [0.25, 0.3) is 0 Å². The quantitative estimate of drug-likeness (QED) is 0.677. The van der Waals surface area contributed by atoms with E-state index in [0.717, 1.165) is 0 Å². The van der Waals surface area contributed by atoms with Crippen molar-refractivity contribution < 1.29 is 13.2 Å². The molecule has 0 fully saturated rings. The van der Waals surface area contributed by atoms with Crippen molar-refractivity contribution in [2.75, 3.05) is 30.7 Å². The SMILES string of the molecule is Nc1nc(NCCNCCC(F)(F)F)nnc1Cl. The first-order chi connectivity index (χ1) is 8.38. The third-order valence-electron chi connectivity index (χ3n) is 1.84. The minimum Gasteiger partial charge on any atom is -0.381 e. The van der Waals surface area contributed by atoms with E-state index in [0.29, 0.717) is 13.1 Å².